The minimum Gasteiger partial charge on any atom is -0.206 e. The van der Waals surface area contributed by atoms with Gasteiger partial charge in [-0.25, -0.2) is 4.39 Å². The standard InChI is InChI=1S/C6H3ClFN3/c7-4-1-2-6(10-11-9)5(8)3-4/h1-3H. The van der Waals surface area contributed by atoms with E-state index in [4.69, 9.17) is 17.1 Å². The highest BCUT2D eigenvalue weighted by Crippen LogP contribution is 2.21. The molecule has 11 heavy (non-hydrogen) atoms. The van der Waals surface area contributed by atoms with Crippen LogP contribution in [0.2, 0.25) is 5.02 Å². The normalized spacial score (nSPS) is 8.91. The molecule has 0 heterocycles. The van der Waals surface area contributed by atoms with E-state index >= 15 is 0 Å². The van der Waals surface area contributed by atoms with E-state index in [0.29, 0.717) is 0 Å². The third kappa shape index (κ3) is 1.83. The summed E-state index contributed by atoms with van der Waals surface area (Å²) in [5, 5.41) is 3.37. The first-order valence-corrected chi connectivity index (χ1v) is 3.12. The number of hydrogen-bond donors (Lipinski definition) is 0. The highest BCUT2D eigenvalue weighted by Gasteiger charge is 1.98. The van der Waals surface area contributed by atoms with E-state index in [9.17, 15) is 4.39 Å². The minimum absolute atomic E-state index is 0.0445. The largest absolute Gasteiger partial charge is 0.206 e. The molecule has 0 unspecified atom stereocenters. The lowest BCUT2D eigenvalue weighted by molar-refractivity contribution is 0.629. The molecule has 0 amide bonds. The first-order valence-electron chi connectivity index (χ1n) is 2.74. The van der Waals surface area contributed by atoms with Gasteiger partial charge in [-0.2, -0.15) is 0 Å². The molecule has 0 aliphatic heterocycles. The van der Waals surface area contributed by atoms with Gasteiger partial charge in [0, 0.05) is 9.93 Å². The molecule has 5 heteroatoms. The van der Waals surface area contributed by atoms with Crippen LogP contribution < -0.4 is 0 Å². The average Bonchev–Trinajstić information content (AvgIpc) is 1.95. The number of nitrogens with zero attached hydrogens (tertiary/aromatic N) is 3. The summed E-state index contributed by atoms with van der Waals surface area (Å²) in [4.78, 5) is 2.44. The van der Waals surface area contributed by atoms with Gasteiger partial charge in [0.25, 0.3) is 0 Å². The van der Waals surface area contributed by atoms with Crippen LogP contribution in [0.25, 0.3) is 10.4 Å². The fourth-order valence-electron chi connectivity index (χ4n) is 0.611. The van der Waals surface area contributed by atoms with Crippen molar-refractivity contribution in [1.82, 2.24) is 0 Å². The van der Waals surface area contributed by atoms with Gasteiger partial charge in [0.05, 0.1) is 5.69 Å². The fraction of sp³-hybridized carbons (Fsp3) is 0. The third-order valence-corrected chi connectivity index (χ3v) is 1.30. The number of azide groups is 1. The van der Waals surface area contributed by atoms with Gasteiger partial charge in [-0.3, -0.25) is 0 Å². The van der Waals surface area contributed by atoms with Crippen LogP contribution in [0.5, 0.6) is 0 Å². The molecule has 0 aromatic heterocycles. The van der Waals surface area contributed by atoms with Crippen LogP contribution in [-0.4, -0.2) is 0 Å². The molecule has 0 N–H and O–H groups in total. The summed E-state index contributed by atoms with van der Waals surface area (Å²) < 4.78 is 12.7. The van der Waals surface area contributed by atoms with Crippen LogP contribution >= 0.6 is 11.6 Å². The Morgan fingerprint density at radius 2 is 2.27 bits per heavy atom. The molecule has 0 spiro atoms. The first-order chi connectivity index (χ1) is 5.24. The van der Waals surface area contributed by atoms with Gasteiger partial charge in [0.2, 0.25) is 0 Å². The van der Waals surface area contributed by atoms with E-state index in [1.54, 1.807) is 0 Å². The molecular formula is C6H3ClFN3. The van der Waals surface area contributed by atoms with Crippen LogP contribution in [0.15, 0.2) is 23.3 Å². The van der Waals surface area contributed by atoms with Crippen molar-refractivity contribution in [3.05, 3.63) is 39.5 Å². The maximum absolute atomic E-state index is 12.7. The molecule has 0 radical (unpaired) electrons. The number of halogens is 2. The summed E-state index contributed by atoms with van der Waals surface area (Å²) in [6, 6.07) is 3.86. The van der Waals surface area contributed by atoms with E-state index < -0.39 is 5.82 Å². The first kappa shape index (κ1) is 7.85. The predicted molar refractivity (Wildman–Crippen MR) is 40.2 cm³/mol. The highest BCUT2D eigenvalue weighted by atomic mass is 35.5. The Balaban J connectivity index is 3.19. The van der Waals surface area contributed by atoms with Crippen LogP contribution in [0.4, 0.5) is 10.1 Å². The van der Waals surface area contributed by atoms with Crippen molar-refractivity contribution in [3.63, 3.8) is 0 Å². The molecule has 0 aliphatic rings. The van der Waals surface area contributed by atoms with Crippen molar-refractivity contribution in [2.75, 3.05) is 0 Å². The van der Waals surface area contributed by atoms with Crippen LogP contribution in [0, 0.1) is 5.82 Å². The van der Waals surface area contributed by atoms with E-state index in [2.05, 4.69) is 10.0 Å². The van der Waals surface area contributed by atoms with Crippen LogP contribution in [0.3, 0.4) is 0 Å². The molecule has 56 valence electrons. The molecule has 0 saturated heterocycles. The van der Waals surface area contributed by atoms with E-state index in [1.165, 1.54) is 12.1 Å². The number of hydrogen-bond acceptors (Lipinski definition) is 1. The molecule has 1 aromatic rings. The van der Waals surface area contributed by atoms with Gasteiger partial charge < -0.3 is 0 Å². The Hall–Kier alpha value is -1.25. The van der Waals surface area contributed by atoms with E-state index in [0.717, 1.165) is 6.07 Å². The summed E-state index contributed by atoms with van der Waals surface area (Å²) in [7, 11) is 0. The molecular weight excluding hydrogens is 169 g/mol. The van der Waals surface area contributed by atoms with Gasteiger partial charge in [-0.15, -0.1) is 0 Å². The van der Waals surface area contributed by atoms with E-state index in [-0.39, 0.29) is 10.7 Å². The maximum atomic E-state index is 12.7. The average molecular weight is 172 g/mol. The summed E-state index contributed by atoms with van der Waals surface area (Å²) in [6.07, 6.45) is 0. The van der Waals surface area contributed by atoms with Crippen molar-refractivity contribution in [2.24, 2.45) is 5.11 Å². The SMILES string of the molecule is [N-]=[N+]=Nc1ccc(Cl)cc1F. The van der Waals surface area contributed by atoms with Crippen molar-refractivity contribution < 1.29 is 4.39 Å². The zero-order chi connectivity index (χ0) is 8.27. The van der Waals surface area contributed by atoms with Crippen molar-refractivity contribution in [2.45, 2.75) is 0 Å². The summed E-state index contributed by atoms with van der Waals surface area (Å²) in [5.41, 5.74) is 7.93. The zero-order valence-electron chi connectivity index (χ0n) is 5.33. The van der Waals surface area contributed by atoms with Crippen LogP contribution in [0.1, 0.15) is 0 Å². The second kappa shape index (κ2) is 3.23. The molecule has 1 aromatic carbocycles. The quantitative estimate of drug-likeness (QED) is 0.353. The highest BCUT2D eigenvalue weighted by molar-refractivity contribution is 6.30. The molecule has 0 aliphatic carbocycles. The molecule has 0 atom stereocenters. The third-order valence-electron chi connectivity index (χ3n) is 1.06. The molecule has 0 bridgehead atoms. The Kier molecular flexibility index (Phi) is 2.31. The summed E-state index contributed by atoms with van der Waals surface area (Å²) in [5.74, 6) is -0.615. The lowest BCUT2D eigenvalue weighted by Gasteiger charge is -1.93. The Morgan fingerprint density at radius 3 is 2.82 bits per heavy atom. The predicted octanol–water partition coefficient (Wildman–Crippen LogP) is 3.42. The van der Waals surface area contributed by atoms with Crippen molar-refractivity contribution >= 4 is 17.3 Å². The second-order valence-electron chi connectivity index (χ2n) is 1.79. The number of benzene rings is 1. The molecule has 0 saturated carbocycles. The smallest absolute Gasteiger partial charge is 0.134 e. The van der Waals surface area contributed by atoms with Gasteiger partial charge in [-0.05, 0) is 23.7 Å². The maximum Gasteiger partial charge on any atom is 0.134 e. The van der Waals surface area contributed by atoms with Crippen molar-refractivity contribution in [1.29, 1.82) is 0 Å². The van der Waals surface area contributed by atoms with Gasteiger partial charge in [0.1, 0.15) is 5.82 Å². The van der Waals surface area contributed by atoms with Crippen molar-refractivity contribution in [3.8, 4) is 0 Å². The lowest BCUT2D eigenvalue weighted by atomic mass is 10.3. The van der Waals surface area contributed by atoms with Gasteiger partial charge in [0.15, 0.2) is 0 Å². The van der Waals surface area contributed by atoms with E-state index in [1.807, 2.05) is 0 Å². The van der Waals surface area contributed by atoms with Gasteiger partial charge >= 0.3 is 0 Å². The molecule has 0 fully saturated rings. The lowest BCUT2D eigenvalue weighted by Crippen LogP contribution is -1.73. The molecule has 1 rings (SSSR count). The topological polar surface area (TPSA) is 48.8 Å². The Labute approximate surface area is 67.0 Å². The van der Waals surface area contributed by atoms with Crippen LogP contribution in [-0.2, 0) is 0 Å². The molecule has 3 nitrogen and oxygen atoms in total. The monoisotopic (exact) mass is 171 g/mol. The Morgan fingerprint density at radius 1 is 1.55 bits per heavy atom. The number of rotatable bonds is 1. The van der Waals surface area contributed by atoms with Gasteiger partial charge in [-0.1, -0.05) is 16.7 Å². The fourth-order valence-corrected chi connectivity index (χ4v) is 0.769. The summed E-state index contributed by atoms with van der Waals surface area (Å²) in [6.45, 7) is 0. The Bertz CT molecular complexity index is 320. The zero-order valence-corrected chi connectivity index (χ0v) is 6.09. The minimum atomic E-state index is -0.615. The second-order valence-corrected chi connectivity index (χ2v) is 2.22. The summed E-state index contributed by atoms with van der Waals surface area (Å²) >= 11 is 5.44.